The SMILES string of the molecule is COc1ccc2c(c1)-c1ccccc1-c1ccccc1C(/C=C/C=C/C=C1/c3ccccc3-c3ccccc3-c3cc(OC)ccc3N1C)=C(/C)CC2. The van der Waals surface area contributed by atoms with Crippen LogP contribution >= 0.6 is 0 Å². The normalized spacial score (nSPS) is 15.8. The van der Waals surface area contributed by atoms with Crippen molar-refractivity contribution in [3.05, 3.63) is 186 Å². The molecule has 1 aliphatic carbocycles. The largest absolute Gasteiger partial charge is 0.497 e. The van der Waals surface area contributed by atoms with E-state index in [-0.39, 0.29) is 0 Å². The quantitative estimate of drug-likeness (QED) is 0.168. The second-order valence-corrected chi connectivity index (χ2v) is 13.6. The summed E-state index contributed by atoms with van der Waals surface area (Å²) in [6.07, 6.45) is 12.9. The zero-order valence-electron chi connectivity index (χ0n) is 30.8. The van der Waals surface area contributed by atoms with Crippen LogP contribution in [0.4, 0.5) is 5.69 Å². The third kappa shape index (κ3) is 6.40. The number of hydrogen-bond donors (Lipinski definition) is 0. The molecule has 0 amide bonds. The Morgan fingerprint density at radius 3 is 1.60 bits per heavy atom. The number of benzene rings is 6. The van der Waals surface area contributed by atoms with Gasteiger partial charge in [-0.1, -0.05) is 133 Å². The number of anilines is 1. The van der Waals surface area contributed by atoms with E-state index >= 15 is 0 Å². The van der Waals surface area contributed by atoms with Crippen LogP contribution < -0.4 is 14.4 Å². The molecule has 0 unspecified atom stereocenters. The van der Waals surface area contributed by atoms with Crippen molar-refractivity contribution in [1.82, 2.24) is 0 Å². The van der Waals surface area contributed by atoms with Gasteiger partial charge in [-0.3, -0.25) is 0 Å². The minimum absolute atomic E-state index is 0.844. The summed E-state index contributed by atoms with van der Waals surface area (Å²) < 4.78 is 11.3. The molecule has 0 atom stereocenters. The maximum atomic E-state index is 5.68. The summed E-state index contributed by atoms with van der Waals surface area (Å²) in [7, 11) is 5.62. The highest BCUT2D eigenvalue weighted by Crippen LogP contribution is 2.46. The van der Waals surface area contributed by atoms with Crippen LogP contribution in [0.5, 0.6) is 11.5 Å². The first-order chi connectivity index (χ1) is 26.1. The van der Waals surface area contributed by atoms with E-state index in [0.717, 1.165) is 41.3 Å². The first-order valence-electron chi connectivity index (χ1n) is 18.3. The minimum Gasteiger partial charge on any atom is -0.497 e. The number of fused-ring (bicyclic) bond motifs is 10. The van der Waals surface area contributed by atoms with Crippen molar-refractivity contribution in [2.24, 2.45) is 0 Å². The molecule has 0 saturated heterocycles. The van der Waals surface area contributed by atoms with Crippen LogP contribution in [0.2, 0.25) is 0 Å². The molecule has 6 aromatic rings. The number of ether oxygens (including phenoxy) is 2. The molecule has 2 aliphatic rings. The van der Waals surface area contributed by atoms with Gasteiger partial charge >= 0.3 is 0 Å². The molecule has 260 valence electrons. The smallest absolute Gasteiger partial charge is 0.119 e. The third-order valence-electron chi connectivity index (χ3n) is 10.6. The van der Waals surface area contributed by atoms with Crippen LogP contribution in [0.15, 0.2) is 169 Å². The van der Waals surface area contributed by atoms with Gasteiger partial charge in [-0.2, -0.15) is 0 Å². The molecule has 0 bridgehead atoms. The molecule has 3 heteroatoms. The molecule has 1 aliphatic heterocycles. The summed E-state index contributed by atoms with van der Waals surface area (Å²) in [4.78, 5) is 2.30. The zero-order valence-corrected chi connectivity index (χ0v) is 30.8. The van der Waals surface area contributed by atoms with Gasteiger partial charge in [0.1, 0.15) is 11.5 Å². The summed E-state index contributed by atoms with van der Waals surface area (Å²) in [5.74, 6) is 1.72. The van der Waals surface area contributed by atoms with Crippen molar-refractivity contribution in [1.29, 1.82) is 0 Å². The van der Waals surface area contributed by atoms with Crippen LogP contribution in [-0.2, 0) is 6.42 Å². The van der Waals surface area contributed by atoms with Crippen molar-refractivity contribution in [3.8, 4) is 56.0 Å². The van der Waals surface area contributed by atoms with Crippen LogP contribution in [0.3, 0.4) is 0 Å². The minimum atomic E-state index is 0.844. The molecule has 3 nitrogen and oxygen atoms in total. The van der Waals surface area contributed by atoms with Gasteiger partial charge < -0.3 is 14.4 Å². The number of methoxy groups -OCH3 is 2. The summed E-state index contributed by atoms with van der Waals surface area (Å²) in [6, 6.07) is 47.8. The number of hydrogen-bond acceptors (Lipinski definition) is 3. The van der Waals surface area contributed by atoms with Crippen molar-refractivity contribution in [3.63, 3.8) is 0 Å². The molecule has 0 saturated carbocycles. The number of aryl methyl sites for hydroxylation is 1. The Kier molecular flexibility index (Phi) is 9.40. The van der Waals surface area contributed by atoms with E-state index < -0.39 is 0 Å². The second kappa shape index (κ2) is 14.7. The van der Waals surface area contributed by atoms with E-state index in [0.29, 0.717) is 0 Å². The summed E-state index contributed by atoms with van der Waals surface area (Å²) >= 11 is 0. The highest BCUT2D eigenvalue weighted by Gasteiger charge is 2.24. The lowest BCUT2D eigenvalue weighted by Gasteiger charge is -2.30. The van der Waals surface area contributed by atoms with Gasteiger partial charge in [0, 0.05) is 29.6 Å². The average Bonchev–Trinajstić information content (AvgIpc) is 3.21. The van der Waals surface area contributed by atoms with Gasteiger partial charge in [-0.25, -0.2) is 0 Å². The van der Waals surface area contributed by atoms with Gasteiger partial charge in [-0.15, -0.1) is 0 Å². The fraction of sp³-hybridized carbons (Fsp3) is 0.120. The third-order valence-corrected chi connectivity index (χ3v) is 10.6. The summed E-state index contributed by atoms with van der Waals surface area (Å²) in [6.45, 7) is 2.28. The van der Waals surface area contributed by atoms with Gasteiger partial charge in [-0.05, 0) is 112 Å². The maximum absolute atomic E-state index is 5.68. The monoisotopic (exact) mass is 689 g/mol. The number of nitrogens with zero attached hydrogens (tertiary/aromatic N) is 1. The van der Waals surface area contributed by atoms with Gasteiger partial charge in [0.2, 0.25) is 0 Å². The lowest BCUT2D eigenvalue weighted by atomic mass is 9.83. The predicted octanol–water partition coefficient (Wildman–Crippen LogP) is 12.7. The summed E-state index contributed by atoms with van der Waals surface area (Å²) in [5, 5.41) is 0. The highest BCUT2D eigenvalue weighted by atomic mass is 16.5. The van der Waals surface area contributed by atoms with Crippen LogP contribution in [-0.4, -0.2) is 21.3 Å². The first kappa shape index (κ1) is 33.8. The van der Waals surface area contributed by atoms with E-state index in [2.05, 4.69) is 177 Å². The predicted molar refractivity (Wildman–Crippen MR) is 223 cm³/mol. The van der Waals surface area contributed by atoms with Crippen molar-refractivity contribution in [2.45, 2.75) is 19.8 Å². The number of rotatable bonds is 5. The summed E-state index contributed by atoms with van der Waals surface area (Å²) in [5.41, 5.74) is 18.3. The Labute approximate surface area is 313 Å². The molecule has 0 spiro atoms. The van der Waals surface area contributed by atoms with Gasteiger partial charge in [0.05, 0.1) is 14.2 Å². The maximum Gasteiger partial charge on any atom is 0.119 e. The molecule has 0 radical (unpaired) electrons. The van der Waals surface area contributed by atoms with Gasteiger partial charge in [0.15, 0.2) is 0 Å². The molecule has 0 aromatic heterocycles. The van der Waals surface area contributed by atoms with E-state index in [1.807, 2.05) is 6.07 Å². The van der Waals surface area contributed by atoms with Crippen LogP contribution in [0, 0.1) is 0 Å². The Bertz CT molecular complexity index is 2460. The molecule has 0 fully saturated rings. The van der Waals surface area contributed by atoms with Crippen LogP contribution in [0.1, 0.15) is 30.0 Å². The Hall–Kier alpha value is -6.32. The molecular formula is C50H43NO2. The molecule has 53 heavy (non-hydrogen) atoms. The molecule has 0 N–H and O–H groups in total. The zero-order chi connectivity index (χ0) is 36.3. The van der Waals surface area contributed by atoms with E-state index in [9.17, 15) is 0 Å². The lowest BCUT2D eigenvalue weighted by molar-refractivity contribution is 0.415. The van der Waals surface area contributed by atoms with Crippen LogP contribution in [0.25, 0.3) is 55.8 Å². The fourth-order valence-electron chi connectivity index (χ4n) is 7.89. The fourth-order valence-corrected chi connectivity index (χ4v) is 7.89. The van der Waals surface area contributed by atoms with E-state index in [4.69, 9.17) is 9.47 Å². The molecule has 1 heterocycles. The van der Waals surface area contributed by atoms with Crippen molar-refractivity contribution >= 4 is 17.0 Å². The van der Waals surface area contributed by atoms with E-state index in [1.165, 1.54) is 66.8 Å². The molecular weight excluding hydrogens is 647 g/mol. The molecule has 8 rings (SSSR count). The topological polar surface area (TPSA) is 21.7 Å². The van der Waals surface area contributed by atoms with Gasteiger partial charge in [0.25, 0.3) is 0 Å². The molecule has 6 aromatic carbocycles. The second-order valence-electron chi connectivity index (χ2n) is 13.6. The lowest BCUT2D eigenvalue weighted by Crippen LogP contribution is -2.18. The number of allylic oxidation sites excluding steroid dienone is 7. The first-order valence-corrected chi connectivity index (χ1v) is 18.3. The Morgan fingerprint density at radius 1 is 0.491 bits per heavy atom. The standard InChI is InChI=1S/C50H43NO2/c1-34-26-27-35-28-29-36(52-3)32-47(35)44-22-12-10-19-41(44)40-18-9-8-17-39(40)38(34)16-6-5-7-25-49-46-24-15-14-21-43(46)42-20-11-13-23-45(42)48-33-37(53-4)30-31-50(48)51(49)2/h5-25,28-33H,26-27H2,1-4H3/b7-5+,16-6+,38-34-,49-25-. The van der Waals surface area contributed by atoms with Crippen molar-refractivity contribution < 1.29 is 9.47 Å². The Balaban J connectivity index is 1.20. The van der Waals surface area contributed by atoms with E-state index in [1.54, 1.807) is 14.2 Å². The highest BCUT2D eigenvalue weighted by molar-refractivity contribution is 6.00. The average molecular weight is 690 g/mol. The van der Waals surface area contributed by atoms with Crippen molar-refractivity contribution in [2.75, 3.05) is 26.2 Å². The Morgan fingerprint density at radius 2 is 0.981 bits per heavy atom.